The first-order chi connectivity index (χ1) is 15.5. The van der Waals surface area contributed by atoms with Crippen LogP contribution in [-0.4, -0.2) is 53.9 Å². The van der Waals surface area contributed by atoms with Gasteiger partial charge in [-0.2, -0.15) is 5.10 Å². The van der Waals surface area contributed by atoms with E-state index in [-0.39, 0.29) is 5.91 Å². The van der Waals surface area contributed by atoms with E-state index >= 15 is 0 Å². The number of aryl methyl sites for hydroxylation is 2. The van der Waals surface area contributed by atoms with Crippen molar-refractivity contribution in [2.24, 2.45) is 0 Å². The van der Waals surface area contributed by atoms with Gasteiger partial charge >= 0.3 is 0 Å². The van der Waals surface area contributed by atoms with Crippen LogP contribution >= 0.6 is 11.3 Å². The lowest BCUT2D eigenvalue weighted by Crippen LogP contribution is -2.48. The lowest BCUT2D eigenvalue weighted by molar-refractivity contribution is 0.0751. The summed E-state index contributed by atoms with van der Waals surface area (Å²) in [4.78, 5) is 19.3. The highest BCUT2D eigenvalue weighted by Gasteiger charge is 2.25. The number of benzene rings is 2. The Kier molecular flexibility index (Phi) is 5.35. The summed E-state index contributed by atoms with van der Waals surface area (Å²) in [6.45, 7) is 7.09. The molecular weight excluding hydrogens is 420 g/mol. The minimum atomic E-state index is 0.103. The second kappa shape index (κ2) is 8.31. The molecule has 0 saturated carbocycles. The largest absolute Gasteiger partial charge is 0.497 e. The number of ether oxygens (including phenoxy) is 1. The van der Waals surface area contributed by atoms with Crippen molar-refractivity contribution < 1.29 is 9.53 Å². The molecule has 0 radical (unpaired) electrons. The molecule has 0 aliphatic carbocycles. The van der Waals surface area contributed by atoms with E-state index in [1.54, 1.807) is 7.11 Å². The topological polar surface area (TPSA) is 50.6 Å². The summed E-state index contributed by atoms with van der Waals surface area (Å²) in [7, 11) is 1.68. The zero-order chi connectivity index (χ0) is 22.2. The SMILES string of the molecule is COc1cccc(N2CCN(C(=O)c3cc4c(C)nn(-c5cccc(C)c5)c4s3)CC2)c1. The second-order valence-electron chi connectivity index (χ2n) is 8.15. The smallest absolute Gasteiger partial charge is 0.264 e. The van der Waals surface area contributed by atoms with E-state index in [2.05, 4.69) is 36.1 Å². The number of carbonyl (C=O) groups excluding carboxylic acids is 1. The number of nitrogens with zero attached hydrogens (tertiary/aromatic N) is 4. The Balaban J connectivity index is 1.35. The average molecular weight is 447 g/mol. The molecule has 3 heterocycles. The third kappa shape index (κ3) is 3.73. The number of thiophene rings is 1. The fourth-order valence-corrected chi connectivity index (χ4v) is 5.37. The van der Waals surface area contributed by atoms with Crippen LogP contribution in [0.2, 0.25) is 0 Å². The summed E-state index contributed by atoms with van der Waals surface area (Å²) in [6.07, 6.45) is 0. The maximum absolute atomic E-state index is 13.3. The summed E-state index contributed by atoms with van der Waals surface area (Å²) in [5, 5.41) is 5.77. The van der Waals surface area contributed by atoms with Crippen LogP contribution in [-0.2, 0) is 0 Å². The average Bonchev–Trinajstić information content (AvgIpc) is 3.39. The molecule has 0 spiro atoms. The number of rotatable bonds is 4. The molecule has 2 aromatic carbocycles. The third-order valence-corrected chi connectivity index (χ3v) is 7.09. The molecule has 1 aliphatic heterocycles. The monoisotopic (exact) mass is 446 g/mol. The van der Waals surface area contributed by atoms with Gasteiger partial charge in [-0.15, -0.1) is 11.3 Å². The molecule has 0 bridgehead atoms. The summed E-state index contributed by atoms with van der Waals surface area (Å²) in [5.74, 6) is 0.955. The van der Waals surface area contributed by atoms with Crippen LogP contribution in [0.5, 0.6) is 5.75 Å². The van der Waals surface area contributed by atoms with Gasteiger partial charge < -0.3 is 14.5 Å². The Bertz CT molecular complexity index is 1280. The van der Waals surface area contributed by atoms with Crippen molar-refractivity contribution in [1.82, 2.24) is 14.7 Å². The Morgan fingerprint density at radius 3 is 2.47 bits per heavy atom. The number of fused-ring (bicyclic) bond motifs is 1. The Morgan fingerprint density at radius 1 is 0.969 bits per heavy atom. The molecule has 6 nitrogen and oxygen atoms in total. The van der Waals surface area contributed by atoms with Crippen molar-refractivity contribution in [3.8, 4) is 11.4 Å². The van der Waals surface area contributed by atoms with Gasteiger partial charge in [0.15, 0.2) is 0 Å². The molecular formula is C25H26N4O2S. The first-order valence-electron chi connectivity index (χ1n) is 10.8. The number of piperazine rings is 1. The van der Waals surface area contributed by atoms with E-state index in [1.165, 1.54) is 16.9 Å². The zero-order valence-corrected chi connectivity index (χ0v) is 19.4. The molecule has 164 valence electrons. The molecule has 2 aromatic heterocycles. The lowest BCUT2D eigenvalue weighted by Gasteiger charge is -2.36. The highest BCUT2D eigenvalue weighted by atomic mass is 32.1. The van der Waals surface area contributed by atoms with Gasteiger partial charge in [-0.1, -0.05) is 18.2 Å². The minimum Gasteiger partial charge on any atom is -0.497 e. The fourth-order valence-electron chi connectivity index (χ4n) is 4.22. The summed E-state index contributed by atoms with van der Waals surface area (Å²) in [5.41, 5.74) is 4.29. The molecule has 1 saturated heterocycles. The van der Waals surface area contributed by atoms with Gasteiger partial charge in [-0.05, 0) is 49.7 Å². The van der Waals surface area contributed by atoms with Crippen LogP contribution in [0.4, 0.5) is 5.69 Å². The molecule has 0 N–H and O–H groups in total. The van der Waals surface area contributed by atoms with E-state index < -0.39 is 0 Å². The van der Waals surface area contributed by atoms with Gasteiger partial charge in [0.1, 0.15) is 10.6 Å². The van der Waals surface area contributed by atoms with Gasteiger partial charge in [0.05, 0.1) is 23.4 Å². The molecule has 4 aromatic rings. The van der Waals surface area contributed by atoms with Gasteiger partial charge in [0, 0.05) is 43.3 Å². The van der Waals surface area contributed by atoms with Crippen molar-refractivity contribution >= 4 is 33.1 Å². The Hall–Kier alpha value is -3.32. The van der Waals surface area contributed by atoms with E-state index in [0.29, 0.717) is 13.1 Å². The molecule has 32 heavy (non-hydrogen) atoms. The van der Waals surface area contributed by atoms with E-state index in [9.17, 15) is 4.79 Å². The van der Waals surface area contributed by atoms with Crippen LogP contribution in [0, 0.1) is 13.8 Å². The number of carbonyl (C=O) groups is 1. The maximum Gasteiger partial charge on any atom is 0.264 e. The quantitative estimate of drug-likeness (QED) is 0.457. The molecule has 1 aliphatic rings. The van der Waals surface area contributed by atoms with Gasteiger partial charge in [-0.25, -0.2) is 4.68 Å². The molecule has 0 unspecified atom stereocenters. The van der Waals surface area contributed by atoms with Crippen molar-refractivity contribution in [2.45, 2.75) is 13.8 Å². The predicted octanol–water partition coefficient (Wildman–Crippen LogP) is 4.67. The molecule has 1 amide bonds. The van der Waals surface area contributed by atoms with Gasteiger partial charge in [-0.3, -0.25) is 4.79 Å². The predicted molar refractivity (Wildman–Crippen MR) is 130 cm³/mol. The Labute approximate surface area is 191 Å². The minimum absolute atomic E-state index is 0.103. The highest BCUT2D eigenvalue weighted by Crippen LogP contribution is 2.32. The van der Waals surface area contributed by atoms with E-state index in [4.69, 9.17) is 9.84 Å². The Morgan fingerprint density at radius 2 is 1.72 bits per heavy atom. The normalized spacial score (nSPS) is 14.2. The van der Waals surface area contributed by atoms with Crippen molar-refractivity contribution in [1.29, 1.82) is 0 Å². The van der Waals surface area contributed by atoms with Crippen LogP contribution in [0.1, 0.15) is 20.9 Å². The zero-order valence-electron chi connectivity index (χ0n) is 18.5. The van der Waals surface area contributed by atoms with Crippen LogP contribution < -0.4 is 9.64 Å². The fraction of sp³-hybridized carbons (Fsp3) is 0.280. The van der Waals surface area contributed by atoms with E-state index in [1.807, 2.05) is 46.8 Å². The van der Waals surface area contributed by atoms with Crippen molar-refractivity contribution in [2.75, 3.05) is 38.2 Å². The first-order valence-corrected chi connectivity index (χ1v) is 11.6. The third-order valence-electron chi connectivity index (χ3n) is 5.99. The van der Waals surface area contributed by atoms with Crippen molar-refractivity contribution in [3.63, 3.8) is 0 Å². The van der Waals surface area contributed by atoms with Gasteiger partial charge in [0.25, 0.3) is 5.91 Å². The number of amides is 1. The lowest BCUT2D eigenvalue weighted by atomic mass is 10.2. The van der Waals surface area contributed by atoms with Crippen molar-refractivity contribution in [3.05, 3.63) is 70.7 Å². The summed E-state index contributed by atoms with van der Waals surface area (Å²) in [6, 6.07) is 18.4. The maximum atomic E-state index is 13.3. The van der Waals surface area contributed by atoms with Crippen LogP contribution in [0.25, 0.3) is 15.9 Å². The van der Waals surface area contributed by atoms with Crippen LogP contribution in [0.15, 0.2) is 54.6 Å². The molecule has 0 atom stereocenters. The summed E-state index contributed by atoms with van der Waals surface area (Å²) >= 11 is 1.53. The van der Waals surface area contributed by atoms with Gasteiger partial charge in [0.2, 0.25) is 0 Å². The number of methoxy groups -OCH3 is 1. The standard InChI is InChI=1S/C25H26N4O2S/c1-17-6-4-8-20(14-17)29-25-22(18(2)26-29)16-23(32-25)24(30)28-12-10-27(11-13-28)19-7-5-9-21(15-19)31-3/h4-9,14-16H,10-13H2,1-3H3. The molecule has 5 rings (SSSR count). The summed E-state index contributed by atoms with van der Waals surface area (Å²) < 4.78 is 7.30. The number of aromatic nitrogens is 2. The first kappa shape index (κ1) is 20.6. The highest BCUT2D eigenvalue weighted by molar-refractivity contribution is 7.20. The number of anilines is 1. The molecule has 1 fully saturated rings. The van der Waals surface area contributed by atoms with E-state index in [0.717, 1.165) is 51.0 Å². The van der Waals surface area contributed by atoms with Crippen LogP contribution in [0.3, 0.4) is 0 Å². The second-order valence-corrected chi connectivity index (χ2v) is 9.18. The number of hydrogen-bond acceptors (Lipinski definition) is 5. The molecule has 7 heteroatoms. The number of hydrogen-bond donors (Lipinski definition) is 0.